The van der Waals surface area contributed by atoms with Crippen LogP contribution in [0.1, 0.15) is 30.6 Å². The van der Waals surface area contributed by atoms with Gasteiger partial charge in [-0.15, -0.1) is 0 Å². The first-order valence-electron chi connectivity index (χ1n) is 5.30. The lowest BCUT2D eigenvalue weighted by molar-refractivity contribution is -0.119. The lowest BCUT2D eigenvalue weighted by atomic mass is 10.1. The Kier molecular flexibility index (Phi) is 4.52. The van der Waals surface area contributed by atoms with Crippen molar-refractivity contribution in [2.75, 3.05) is 5.32 Å². The summed E-state index contributed by atoms with van der Waals surface area (Å²) < 4.78 is 0. The molecular formula is C12H14ClNO3. The average Bonchev–Trinajstić information content (AvgIpc) is 2.27. The Morgan fingerprint density at radius 1 is 1.47 bits per heavy atom. The van der Waals surface area contributed by atoms with Gasteiger partial charge in [0.2, 0.25) is 5.91 Å². The minimum absolute atomic E-state index is 0.0779. The molecule has 0 aromatic heterocycles. The Morgan fingerprint density at radius 2 is 2.12 bits per heavy atom. The standard InChI is InChI=1S/C12H14ClNO3/c1-3-7(2)11(15)14-9-6-4-5-8(13)10(9)12(16)17/h4-7H,3H2,1-2H3,(H,14,15)(H,16,17). The lowest BCUT2D eigenvalue weighted by Crippen LogP contribution is -2.21. The van der Waals surface area contributed by atoms with Gasteiger partial charge in [0.1, 0.15) is 5.56 Å². The highest BCUT2D eigenvalue weighted by molar-refractivity contribution is 6.34. The normalized spacial score (nSPS) is 11.9. The number of carboxylic acid groups (broad SMARTS) is 1. The van der Waals surface area contributed by atoms with E-state index in [4.69, 9.17) is 16.7 Å². The summed E-state index contributed by atoms with van der Waals surface area (Å²) in [5.41, 5.74) is 0.154. The van der Waals surface area contributed by atoms with Crippen LogP contribution >= 0.6 is 11.6 Å². The van der Waals surface area contributed by atoms with Gasteiger partial charge >= 0.3 is 5.97 Å². The Hall–Kier alpha value is -1.55. The van der Waals surface area contributed by atoms with Gasteiger partial charge in [-0.2, -0.15) is 0 Å². The third kappa shape index (κ3) is 3.20. The summed E-state index contributed by atoms with van der Waals surface area (Å²) in [5, 5.41) is 11.7. The van der Waals surface area contributed by atoms with Crippen LogP contribution in [0.25, 0.3) is 0 Å². The van der Waals surface area contributed by atoms with Crippen molar-refractivity contribution in [3.8, 4) is 0 Å². The number of aromatic carboxylic acids is 1. The molecule has 0 aliphatic heterocycles. The smallest absolute Gasteiger partial charge is 0.339 e. The molecule has 0 spiro atoms. The molecule has 0 bridgehead atoms. The van der Waals surface area contributed by atoms with E-state index in [9.17, 15) is 9.59 Å². The number of amides is 1. The first-order chi connectivity index (χ1) is 7.97. The minimum atomic E-state index is -1.16. The molecule has 1 unspecified atom stereocenters. The molecule has 0 saturated carbocycles. The number of carbonyl (C=O) groups is 2. The molecule has 1 atom stereocenters. The summed E-state index contributed by atoms with van der Waals surface area (Å²) in [6.07, 6.45) is 0.689. The number of benzene rings is 1. The van der Waals surface area contributed by atoms with Crippen molar-refractivity contribution < 1.29 is 14.7 Å². The van der Waals surface area contributed by atoms with Crippen molar-refractivity contribution in [3.63, 3.8) is 0 Å². The SMILES string of the molecule is CCC(C)C(=O)Nc1cccc(Cl)c1C(=O)O. The molecule has 0 aliphatic carbocycles. The lowest BCUT2D eigenvalue weighted by Gasteiger charge is -2.12. The molecule has 92 valence electrons. The van der Waals surface area contributed by atoms with Crippen LogP contribution in [0.5, 0.6) is 0 Å². The van der Waals surface area contributed by atoms with Gasteiger partial charge in [-0.05, 0) is 18.6 Å². The molecule has 0 aliphatic rings. The zero-order chi connectivity index (χ0) is 13.0. The van der Waals surface area contributed by atoms with Gasteiger partial charge in [-0.1, -0.05) is 31.5 Å². The van der Waals surface area contributed by atoms with Crippen LogP contribution in [0, 0.1) is 5.92 Å². The van der Waals surface area contributed by atoms with Crippen molar-refractivity contribution in [1.29, 1.82) is 0 Å². The van der Waals surface area contributed by atoms with Gasteiger partial charge in [0.05, 0.1) is 10.7 Å². The zero-order valence-corrected chi connectivity index (χ0v) is 10.4. The van der Waals surface area contributed by atoms with Crippen LogP contribution in [0.4, 0.5) is 5.69 Å². The van der Waals surface area contributed by atoms with Crippen LogP contribution in [-0.2, 0) is 4.79 Å². The van der Waals surface area contributed by atoms with Gasteiger partial charge in [-0.3, -0.25) is 4.79 Å². The maximum absolute atomic E-state index is 11.7. The number of carbonyl (C=O) groups excluding carboxylic acids is 1. The molecular weight excluding hydrogens is 242 g/mol. The summed E-state index contributed by atoms with van der Waals surface area (Å²) in [4.78, 5) is 22.7. The Balaban J connectivity index is 3.03. The van der Waals surface area contributed by atoms with Crippen molar-refractivity contribution >= 4 is 29.2 Å². The monoisotopic (exact) mass is 255 g/mol. The molecule has 4 nitrogen and oxygen atoms in total. The number of nitrogens with one attached hydrogen (secondary N) is 1. The van der Waals surface area contributed by atoms with Gasteiger partial charge in [0, 0.05) is 5.92 Å². The van der Waals surface area contributed by atoms with E-state index in [0.29, 0.717) is 6.42 Å². The fourth-order valence-corrected chi connectivity index (χ4v) is 1.54. The van der Waals surface area contributed by atoms with E-state index < -0.39 is 5.97 Å². The number of hydrogen-bond donors (Lipinski definition) is 2. The van der Waals surface area contributed by atoms with Crippen LogP contribution in [0.3, 0.4) is 0 Å². The number of hydrogen-bond acceptors (Lipinski definition) is 2. The second-order valence-electron chi connectivity index (χ2n) is 3.77. The Morgan fingerprint density at radius 3 is 2.65 bits per heavy atom. The first kappa shape index (κ1) is 13.5. The van der Waals surface area contributed by atoms with Crippen molar-refractivity contribution in [3.05, 3.63) is 28.8 Å². The third-order valence-corrected chi connectivity index (χ3v) is 2.86. The van der Waals surface area contributed by atoms with Crippen LogP contribution < -0.4 is 5.32 Å². The highest BCUT2D eigenvalue weighted by Crippen LogP contribution is 2.24. The fraction of sp³-hybridized carbons (Fsp3) is 0.333. The van der Waals surface area contributed by atoms with E-state index in [1.165, 1.54) is 12.1 Å². The number of rotatable bonds is 4. The van der Waals surface area contributed by atoms with Crippen molar-refractivity contribution in [1.82, 2.24) is 0 Å². The molecule has 5 heteroatoms. The molecule has 1 aromatic carbocycles. The second kappa shape index (κ2) is 5.68. The Labute approximate surface area is 105 Å². The highest BCUT2D eigenvalue weighted by Gasteiger charge is 2.18. The molecule has 17 heavy (non-hydrogen) atoms. The Bertz CT molecular complexity index is 445. The van der Waals surface area contributed by atoms with E-state index >= 15 is 0 Å². The van der Waals surface area contributed by atoms with E-state index in [-0.39, 0.29) is 28.1 Å². The minimum Gasteiger partial charge on any atom is -0.478 e. The van der Waals surface area contributed by atoms with Crippen LogP contribution in [0.15, 0.2) is 18.2 Å². The van der Waals surface area contributed by atoms with Crippen LogP contribution in [0.2, 0.25) is 5.02 Å². The maximum atomic E-state index is 11.7. The predicted molar refractivity (Wildman–Crippen MR) is 66.5 cm³/mol. The molecule has 1 rings (SSSR count). The van der Waals surface area contributed by atoms with Gasteiger partial charge in [0.15, 0.2) is 0 Å². The molecule has 2 N–H and O–H groups in total. The molecule has 1 amide bonds. The summed E-state index contributed by atoms with van der Waals surface area (Å²) >= 11 is 5.79. The summed E-state index contributed by atoms with van der Waals surface area (Å²) in [6, 6.07) is 4.60. The highest BCUT2D eigenvalue weighted by atomic mass is 35.5. The maximum Gasteiger partial charge on any atom is 0.339 e. The van der Waals surface area contributed by atoms with E-state index in [2.05, 4.69) is 5.32 Å². The first-order valence-corrected chi connectivity index (χ1v) is 5.67. The molecule has 0 heterocycles. The largest absolute Gasteiger partial charge is 0.478 e. The van der Waals surface area contributed by atoms with Crippen molar-refractivity contribution in [2.45, 2.75) is 20.3 Å². The fourth-order valence-electron chi connectivity index (χ4n) is 1.29. The summed E-state index contributed by atoms with van der Waals surface area (Å²) in [7, 11) is 0. The topological polar surface area (TPSA) is 66.4 Å². The molecule has 0 saturated heterocycles. The molecule has 1 aromatic rings. The van der Waals surface area contributed by atoms with E-state index in [1.54, 1.807) is 13.0 Å². The quantitative estimate of drug-likeness (QED) is 0.869. The second-order valence-corrected chi connectivity index (χ2v) is 4.17. The predicted octanol–water partition coefficient (Wildman–Crippen LogP) is 3.02. The third-order valence-electron chi connectivity index (χ3n) is 2.55. The van der Waals surface area contributed by atoms with Gasteiger partial charge in [-0.25, -0.2) is 4.79 Å². The average molecular weight is 256 g/mol. The van der Waals surface area contributed by atoms with Crippen LogP contribution in [-0.4, -0.2) is 17.0 Å². The van der Waals surface area contributed by atoms with E-state index in [0.717, 1.165) is 0 Å². The van der Waals surface area contributed by atoms with E-state index in [1.807, 2.05) is 6.92 Å². The molecule has 0 radical (unpaired) electrons. The van der Waals surface area contributed by atoms with Crippen molar-refractivity contribution in [2.24, 2.45) is 5.92 Å². The molecule has 0 fully saturated rings. The number of halogens is 1. The summed E-state index contributed by atoms with van der Waals surface area (Å²) in [6.45, 7) is 3.67. The summed E-state index contributed by atoms with van der Waals surface area (Å²) in [5.74, 6) is -1.54. The van der Waals surface area contributed by atoms with Gasteiger partial charge in [0.25, 0.3) is 0 Å². The number of carboxylic acids is 1. The number of anilines is 1. The zero-order valence-electron chi connectivity index (χ0n) is 9.66. The van der Waals surface area contributed by atoms with Gasteiger partial charge < -0.3 is 10.4 Å².